The first-order valence-corrected chi connectivity index (χ1v) is 11.5. The molecule has 6 rings (SSSR count). The molecule has 1 unspecified atom stereocenters. The number of nitrogens with one attached hydrogen (secondary N) is 1. The van der Waals surface area contributed by atoms with Crippen LogP contribution in [0.25, 0.3) is 22.3 Å². The van der Waals surface area contributed by atoms with Crippen LogP contribution in [0.5, 0.6) is 5.88 Å². The third-order valence-corrected chi connectivity index (χ3v) is 7.40. The average Bonchev–Trinajstić information content (AvgIpc) is 3.16. The number of pyridine rings is 2. The maximum absolute atomic E-state index is 12.0. The van der Waals surface area contributed by atoms with Gasteiger partial charge in [0.2, 0.25) is 5.88 Å². The van der Waals surface area contributed by atoms with Crippen molar-refractivity contribution in [2.24, 2.45) is 7.05 Å². The zero-order chi connectivity index (χ0) is 21.8. The SMILES string of the molecule is CN(c1ccc2c(n1)OCc1cc(-c3ccn(C)c(=O)c3)ccc1-2)C1C[C@H]2CC[C@@H](C1)N2. The predicted octanol–water partition coefficient (Wildman–Crippen LogP) is 3.73. The Morgan fingerprint density at radius 2 is 1.78 bits per heavy atom. The number of fused-ring (bicyclic) bond motifs is 5. The summed E-state index contributed by atoms with van der Waals surface area (Å²) in [5.74, 6) is 1.69. The fourth-order valence-corrected chi connectivity index (χ4v) is 5.50. The molecule has 6 nitrogen and oxygen atoms in total. The third-order valence-electron chi connectivity index (χ3n) is 7.40. The van der Waals surface area contributed by atoms with Gasteiger partial charge in [-0.3, -0.25) is 4.79 Å². The van der Waals surface area contributed by atoms with E-state index >= 15 is 0 Å². The van der Waals surface area contributed by atoms with Gasteiger partial charge in [0.05, 0.1) is 0 Å². The van der Waals surface area contributed by atoms with Crippen molar-refractivity contribution in [1.29, 1.82) is 0 Å². The van der Waals surface area contributed by atoms with Gasteiger partial charge in [0, 0.05) is 50.0 Å². The number of hydrogen-bond donors (Lipinski definition) is 1. The Morgan fingerprint density at radius 3 is 2.56 bits per heavy atom. The van der Waals surface area contributed by atoms with Crippen LogP contribution >= 0.6 is 0 Å². The summed E-state index contributed by atoms with van der Waals surface area (Å²) in [5.41, 5.74) is 5.24. The smallest absolute Gasteiger partial charge is 0.250 e. The van der Waals surface area contributed by atoms with Crippen molar-refractivity contribution in [3.05, 3.63) is 64.6 Å². The first kappa shape index (κ1) is 19.6. The van der Waals surface area contributed by atoms with Crippen LogP contribution in [0.3, 0.4) is 0 Å². The molecule has 32 heavy (non-hydrogen) atoms. The molecule has 0 amide bonds. The van der Waals surface area contributed by atoms with E-state index in [2.05, 4.69) is 47.6 Å². The molecule has 0 saturated carbocycles. The highest BCUT2D eigenvalue weighted by atomic mass is 16.5. The molecule has 164 valence electrons. The van der Waals surface area contributed by atoms with Crippen LogP contribution in [0.2, 0.25) is 0 Å². The van der Waals surface area contributed by atoms with Gasteiger partial charge in [-0.05, 0) is 72.2 Å². The zero-order valence-corrected chi connectivity index (χ0v) is 18.5. The summed E-state index contributed by atoms with van der Waals surface area (Å²) in [7, 11) is 3.93. The van der Waals surface area contributed by atoms with Crippen molar-refractivity contribution in [3.63, 3.8) is 0 Å². The predicted molar refractivity (Wildman–Crippen MR) is 126 cm³/mol. The molecule has 3 aromatic rings. The van der Waals surface area contributed by atoms with Crippen LogP contribution in [0.15, 0.2) is 53.5 Å². The molecule has 3 aliphatic heterocycles. The topological polar surface area (TPSA) is 59.4 Å². The number of aromatic nitrogens is 2. The lowest BCUT2D eigenvalue weighted by Gasteiger charge is -2.36. The fourth-order valence-electron chi connectivity index (χ4n) is 5.50. The largest absolute Gasteiger partial charge is 0.472 e. The highest BCUT2D eigenvalue weighted by Crippen LogP contribution is 2.40. The third kappa shape index (κ3) is 3.30. The van der Waals surface area contributed by atoms with Gasteiger partial charge >= 0.3 is 0 Å². The molecule has 6 heteroatoms. The number of anilines is 1. The van der Waals surface area contributed by atoms with Gasteiger partial charge in [0.1, 0.15) is 12.4 Å². The van der Waals surface area contributed by atoms with Gasteiger partial charge in [-0.2, -0.15) is 4.98 Å². The molecule has 2 fully saturated rings. The molecule has 2 saturated heterocycles. The number of hydrogen-bond acceptors (Lipinski definition) is 5. The molecular weight excluding hydrogens is 400 g/mol. The number of nitrogens with zero attached hydrogens (tertiary/aromatic N) is 3. The number of ether oxygens (including phenoxy) is 1. The Bertz CT molecular complexity index is 1240. The van der Waals surface area contributed by atoms with Crippen molar-refractivity contribution in [3.8, 4) is 28.1 Å². The maximum Gasteiger partial charge on any atom is 0.250 e. The molecule has 0 aliphatic carbocycles. The first-order valence-electron chi connectivity index (χ1n) is 11.5. The van der Waals surface area contributed by atoms with Crippen LogP contribution in [0, 0.1) is 0 Å². The molecule has 0 spiro atoms. The first-order chi connectivity index (χ1) is 15.5. The quantitative estimate of drug-likeness (QED) is 0.689. The van der Waals surface area contributed by atoms with E-state index in [1.165, 1.54) is 25.7 Å². The van der Waals surface area contributed by atoms with E-state index in [0.717, 1.165) is 33.6 Å². The minimum atomic E-state index is -0.00980. The van der Waals surface area contributed by atoms with Gasteiger partial charge < -0.3 is 19.5 Å². The maximum atomic E-state index is 12.0. The Morgan fingerprint density at radius 1 is 1.03 bits per heavy atom. The molecule has 0 radical (unpaired) electrons. The molecule has 3 atom stereocenters. The number of rotatable bonds is 3. The van der Waals surface area contributed by atoms with Gasteiger partial charge in [-0.25, -0.2) is 0 Å². The molecule has 5 heterocycles. The zero-order valence-electron chi connectivity index (χ0n) is 18.5. The standard InChI is InChI=1S/C26H28N4O2/c1-29-10-9-17(12-25(29)31)16-3-6-22-18(11-16)15-32-26-23(22)7-8-24(28-26)30(2)21-13-19-4-5-20(14-21)27-19/h3,6-12,19-21,27H,4-5,13-15H2,1-2H3/t19-,20+,21?. The van der Waals surface area contributed by atoms with E-state index in [0.29, 0.717) is 30.6 Å². The van der Waals surface area contributed by atoms with Gasteiger partial charge in [-0.15, -0.1) is 0 Å². The van der Waals surface area contributed by atoms with Crippen molar-refractivity contribution in [1.82, 2.24) is 14.9 Å². The van der Waals surface area contributed by atoms with E-state index < -0.39 is 0 Å². The fraction of sp³-hybridized carbons (Fsp3) is 0.385. The van der Waals surface area contributed by atoms with E-state index in [1.54, 1.807) is 23.9 Å². The van der Waals surface area contributed by atoms with E-state index in [4.69, 9.17) is 9.72 Å². The molecule has 2 aromatic heterocycles. The molecule has 1 aromatic carbocycles. The van der Waals surface area contributed by atoms with Gasteiger partial charge in [-0.1, -0.05) is 12.1 Å². The summed E-state index contributed by atoms with van der Waals surface area (Å²) >= 11 is 0. The lowest BCUT2D eigenvalue weighted by atomic mass is 9.94. The Kier molecular flexibility index (Phi) is 4.57. The van der Waals surface area contributed by atoms with Crippen molar-refractivity contribution < 1.29 is 4.74 Å². The van der Waals surface area contributed by atoms with Crippen LogP contribution in [0.1, 0.15) is 31.2 Å². The average molecular weight is 429 g/mol. The highest BCUT2D eigenvalue weighted by Gasteiger charge is 2.35. The molecular formula is C26H28N4O2. The van der Waals surface area contributed by atoms with Crippen LogP contribution in [-0.4, -0.2) is 34.7 Å². The van der Waals surface area contributed by atoms with Crippen molar-refractivity contribution in [2.45, 2.75) is 50.4 Å². The lowest BCUT2D eigenvalue weighted by Crippen LogP contribution is -2.47. The van der Waals surface area contributed by atoms with E-state index in [9.17, 15) is 4.79 Å². The van der Waals surface area contributed by atoms with Crippen LogP contribution < -0.4 is 20.5 Å². The number of aryl methyl sites for hydroxylation is 1. The second-order valence-electron chi connectivity index (χ2n) is 9.42. The van der Waals surface area contributed by atoms with Crippen LogP contribution in [-0.2, 0) is 13.7 Å². The summed E-state index contributed by atoms with van der Waals surface area (Å²) in [5, 5.41) is 3.72. The van der Waals surface area contributed by atoms with Crippen molar-refractivity contribution in [2.75, 3.05) is 11.9 Å². The van der Waals surface area contributed by atoms with Crippen molar-refractivity contribution >= 4 is 5.82 Å². The summed E-state index contributed by atoms with van der Waals surface area (Å²) in [4.78, 5) is 19.3. The number of piperidine rings is 1. The monoisotopic (exact) mass is 428 g/mol. The van der Waals surface area contributed by atoms with E-state index in [-0.39, 0.29) is 5.56 Å². The summed E-state index contributed by atoms with van der Waals surface area (Å²) in [6.45, 7) is 0.485. The van der Waals surface area contributed by atoms with Gasteiger partial charge in [0.15, 0.2) is 0 Å². The molecule has 3 aliphatic rings. The van der Waals surface area contributed by atoms with Gasteiger partial charge in [0.25, 0.3) is 5.56 Å². The Labute approximate surface area is 187 Å². The van der Waals surface area contributed by atoms with E-state index in [1.807, 2.05) is 6.07 Å². The summed E-state index contributed by atoms with van der Waals surface area (Å²) in [6, 6.07) is 16.1. The summed E-state index contributed by atoms with van der Waals surface area (Å²) < 4.78 is 7.68. The minimum Gasteiger partial charge on any atom is -0.472 e. The normalized spacial score (nSPS) is 23.2. The highest BCUT2D eigenvalue weighted by molar-refractivity contribution is 5.78. The molecule has 1 N–H and O–H groups in total. The second-order valence-corrected chi connectivity index (χ2v) is 9.42. The minimum absolute atomic E-state index is 0.00980. The Balaban J connectivity index is 1.28. The number of benzene rings is 1. The Hall–Kier alpha value is -3.12. The van der Waals surface area contributed by atoms with Crippen LogP contribution in [0.4, 0.5) is 5.82 Å². The lowest BCUT2D eigenvalue weighted by molar-refractivity contribution is 0.289. The summed E-state index contributed by atoms with van der Waals surface area (Å²) in [6.07, 6.45) is 6.76. The second kappa shape index (κ2) is 7.48. The molecule has 2 bridgehead atoms.